The van der Waals surface area contributed by atoms with Gasteiger partial charge >= 0.3 is 0 Å². The fourth-order valence-electron chi connectivity index (χ4n) is 0.231. The third kappa shape index (κ3) is 12.1. The third-order valence-corrected chi connectivity index (χ3v) is 0.616. The van der Waals surface area contributed by atoms with Gasteiger partial charge < -0.3 is 0 Å². The number of nitrogens with two attached hydrogens (primary N) is 4. The van der Waals surface area contributed by atoms with Crippen molar-refractivity contribution in [2.24, 2.45) is 23.4 Å². The summed E-state index contributed by atoms with van der Waals surface area (Å²) in [5, 5.41) is 2.04. The molecule has 7 heteroatoms. The largest absolute Gasteiger partial charge is 0.255 e. The SMILES string of the molecule is NN(N)CCN(N)N.[Na]. The van der Waals surface area contributed by atoms with Crippen molar-refractivity contribution in [2.75, 3.05) is 13.1 Å². The Labute approximate surface area is 76.3 Å². The Hall–Kier alpha value is 0.760. The summed E-state index contributed by atoms with van der Waals surface area (Å²) < 4.78 is 0. The van der Waals surface area contributed by atoms with Crippen LogP contribution in [-0.4, -0.2) is 52.9 Å². The molecule has 0 spiro atoms. The summed E-state index contributed by atoms with van der Waals surface area (Å²) in [6.07, 6.45) is 0. The van der Waals surface area contributed by atoms with E-state index in [1.165, 1.54) is 0 Å². The summed E-state index contributed by atoms with van der Waals surface area (Å²) >= 11 is 0. The van der Waals surface area contributed by atoms with Gasteiger partial charge in [-0.3, -0.25) is 23.4 Å². The summed E-state index contributed by atoms with van der Waals surface area (Å²) in [6.45, 7) is 0.903. The van der Waals surface area contributed by atoms with Crippen molar-refractivity contribution < 1.29 is 0 Å². The number of hydrogen-bond acceptors (Lipinski definition) is 6. The van der Waals surface area contributed by atoms with Crippen LogP contribution in [0.4, 0.5) is 0 Å². The number of nitrogens with zero attached hydrogens (tertiary/aromatic N) is 2. The van der Waals surface area contributed by atoms with Crippen molar-refractivity contribution in [1.29, 1.82) is 0 Å². The Balaban J connectivity index is 0. The molecule has 0 aromatic rings. The first kappa shape index (κ1) is 12.4. The molecule has 0 bridgehead atoms. The molecule has 9 heavy (non-hydrogen) atoms. The Morgan fingerprint density at radius 2 is 1.00 bits per heavy atom. The second-order valence-corrected chi connectivity index (χ2v) is 1.48. The molecule has 0 heterocycles. The molecule has 0 saturated heterocycles. The second-order valence-electron chi connectivity index (χ2n) is 1.48. The van der Waals surface area contributed by atoms with Gasteiger partial charge in [0.1, 0.15) is 0 Å². The molecule has 0 aliphatic rings. The molecule has 0 unspecified atom stereocenters. The van der Waals surface area contributed by atoms with Gasteiger partial charge in [-0.25, -0.2) is 0 Å². The molecule has 0 amide bonds. The minimum Gasteiger partial charge on any atom is -0.255 e. The molecule has 6 nitrogen and oxygen atoms in total. The van der Waals surface area contributed by atoms with Gasteiger partial charge in [0.25, 0.3) is 0 Å². The van der Waals surface area contributed by atoms with Gasteiger partial charge in [-0.15, -0.1) is 0 Å². The van der Waals surface area contributed by atoms with E-state index in [1.807, 2.05) is 0 Å². The Kier molecular flexibility index (Phi) is 9.50. The minimum absolute atomic E-state index is 0. The van der Waals surface area contributed by atoms with E-state index in [4.69, 9.17) is 23.4 Å². The topological polar surface area (TPSA) is 111 Å². The van der Waals surface area contributed by atoms with E-state index in [2.05, 4.69) is 0 Å². The number of hydrogen-bond donors (Lipinski definition) is 4. The van der Waals surface area contributed by atoms with Crippen LogP contribution < -0.4 is 23.4 Å². The standard InChI is InChI=1S/C2H12N6.Na/c3-7(4)1-2-8(5)6;/h1-6H2;. The fraction of sp³-hybridized carbons (Fsp3) is 1.00. The first-order valence-corrected chi connectivity index (χ1v) is 2.17. The third-order valence-electron chi connectivity index (χ3n) is 0.616. The molecule has 0 aliphatic heterocycles. The average molecular weight is 143 g/mol. The van der Waals surface area contributed by atoms with Gasteiger partial charge in [-0.1, -0.05) is 0 Å². The van der Waals surface area contributed by atoms with Crippen molar-refractivity contribution in [3.05, 3.63) is 0 Å². The summed E-state index contributed by atoms with van der Waals surface area (Å²) in [4.78, 5) is 0. The van der Waals surface area contributed by atoms with Gasteiger partial charge in [-0.2, -0.15) is 10.2 Å². The van der Waals surface area contributed by atoms with Gasteiger partial charge in [0, 0.05) is 42.6 Å². The van der Waals surface area contributed by atoms with E-state index in [1.54, 1.807) is 0 Å². The molecular formula is C2H12N6Na. The molecule has 0 atom stereocenters. The van der Waals surface area contributed by atoms with Crippen LogP contribution in [0, 0.1) is 0 Å². The second kappa shape index (κ2) is 6.87. The Bertz CT molecular complexity index is 47.0. The van der Waals surface area contributed by atoms with E-state index < -0.39 is 0 Å². The zero-order valence-electron chi connectivity index (χ0n) is 5.62. The maximum absolute atomic E-state index is 5.01. The monoisotopic (exact) mass is 143 g/mol. The molecule has 0 rings (SSSR count). The van der Waals surface area contributed by atoms with E-state index in [0.717, 1.165) is 10.2 Å². The molecule has 8 N–H and O–H groups in total. The van der Waals surface area contributed by atoms with Crippen LogP contribution in [0.2, 0.25) is 0 Å². The van der Waals surface area contributed by atoms with Crippen molar-refractivity contribution in [2.45, 2.75) is 0 Å². The van der Waals surface area contributed by atoms with Crippen molar-refractivity contribution in [3.8, 4) is 0 Å². The summed E-state index contributed by atoms with van der Waals surface area (Å²) in [6, 6.07) is 0. The first-order valence-electron chi connectivity index (χ1n) is 2.17. The quantitative estimate of drug-likeness (QED) is 0.187. The zero-order chi connectivity index (χ0) is 6.57. The number of rotatable bonds is 3. The Morgan fingerprint density at radius 3 is 1.11 bits per heavy atom. The molecule has 51 valence electrons. The van der Waals surface area contributed by atoms with E-state index >= 15 is 0 Å². The predicted molar refractivity (Wildman–Crippen MR) is 35.9 cm³/mol. The molecule has 0 aromatic heterocycles. The molecule has 0 aliphatic carbocycles. The minimum atomic E-state index is 0. The first-order chi connectivity index (χ1) is 3.63. The van der Waals surface area contributed by atoms with Crippen LogP contribution in [0.15, 0.2) is 0 Å². The zero-order valence-corrected chi connectivity index (χ0v) is 7.62. The molecule has 1 radical (unpaired) electrons. The molecule has 0 fully saturated rings. The van der Waals surface area contributed by atoms with E-state index in [0.29, 0.717) is 13.1 Å². The maximum Gasteiger partial charge on any atom is 0.0439 e. The predicted octanol–water partition coefficient (Wildman–Crippen LogP) is -3.30. The van der Waals surface area contributed by atoms with Gasteiger partial charge in [0.2, 0.25) is 0 Å². The smallest absolute Gasteiger partial charge is 0.0439 e. The van der Waals surface area contributed by atoms with Gasteiger partial charge in [0.05, 0.1) is 0 Å². The molecule has 0 saturated carbocycles. The summed E-state index contributed by atoms with van der Waals surface area (Å²) in [7, 11) is 0. The summed E-state index contributed by atoms with van der Waals surface area (Å²) in [5.74, 6) is 20.1. The van der Waals surface area contributed by atoms with Gasteiger partial charge in [0.15, 0.2) is 0 Å². The van der Waals surface area contributed by atoms with Crippen LogP contribution in [0.1, 0.15) is 0 Å². The average Bonchev–Trinajstić information content (AvgIpc) is 1.61. The van der Waals surface area contributed by atoms with Crippen LogP contribution in [0.3, 0.4) is 0 Å². The van der Waals surface area contributed by atoms with Crippen molar-refractivity contribution in [3.63, 3.8) is 0 Å². The van der Waals surface area contributed by atoms with Crippen LogP contribution in [0.25, 0.3) is 0 Å². The van der Waals surface area contributed by atoms with Crippen molar-refractivity contribution in [1.82, 2.24) is 10.2 Å². The maximum atomic E-state index is 5.01. The van der Waals surface area contributed by atoms with Crippen LogP contribution in [0.5, 0.6) is 0 Å². The van der Waals surface area contributed by atoms with E-state index in [9.17, 15) is 0 Å². The Morgan fingerprint density at radius 1 is 0.778 bits per heavy atom. The number of hydrazine groups is 4. The normalized spacial score (nSPS) is 10.0. The van der Waals surface area contributed by atoms with Crippen LogP contribution in [-0.2, 0) is 0 Å². The van der Waals surface area contributed by atoms with Gasteiger partial charge in [-0.05, 0) is 0 Å². The molecular weight excluding hydrogens is 131 g/mol. The van der Waals surface area contributed by atoms with Crippen molar-refractivity contribution >= 4 is 29.6 Å². The fourth-order valence-corrected chi connectivity index (χ4v) is 0.231. The van der Waals surface area contributed by atoms with Crippen LogP contribution >= 0.6 is 0 Å². The summed E-state index contributed by atoms with van der Waals surface area (Å²) in [5.41, 5.74) is 0. The molecule has 0 aromatic carbocycles. The van der Waals surface area contributed by atoms with E-state index in [-0.39, 0.29) is 29.6 Å².